The van der Waals surface area contributed by atoms with E-state index in [1.165, 1.54) is 30.3 Å². The molecule has 0 spiro atoms. The van der Waals surface area contributed by atoms with Crippen LogP contribution < -0.4 is 10.6 Å². The van der Waals surface area contributed by atoms with Gasteiger partial charge in [0.1, 0.15) is 11.6 Å². The van der Waals surface area contributed by atoms with Crippen molar-refractivity contribution in [3.8, 4) is 22.4 Å². The molecule has 2 N–H and O–H groups in total. The molecule has 0 amide bonds. The molecule has 0 unspecified atom stereocenters. The Kier molecular flexibility index (Phi) is 6.71. The Morgan fingerprint density at radius 3 is 2.47 bits per heavy atom. The molecule has 0 aliphatic carbocycles. The van der Waals surface area contributed by atoms with Crippen LogP contribution in [-0.4, -0.2) is 29.1 Å². The first-order valence-electron chi connectivity index (χ1n) is 12.0. The SMILES string of the molecule is [C-]#[N+]c1ccc(-c2nc(N3CCCC[C@@H](N)C3)nc3ccc(-c4c(F)cccc4C(F)(F)F)cc23)cc1F. The van der Waals surface area contributed by atoms with E-state index in [0.717, 1.165) is 43.5 Å². The molecule has 0 saturated carbocycles. The molecule has 4 aromatic rings. The van der Waals surface area contributed by atoms with Crippen molar-refractivity contribution in [3.05, 3.63) is 83.2 Å². The number of aromatic nitrogens is 2. The second kappa shape index (κ2) is 9.99. The third-order valence-corrected chi connectivity index (χ3v) is 6.62. The standard InChI is InChI=1S/C28H22F5N5/c1-35-24-11-9-17(14-22(24)30)26-19-13-16(25-20(28(31,32)33)6-4-7-21(25)29)8-10-23(19)36-27(37-26)38-12-3-2-5-18(34)15-38/h4,6-11,13-14,18H,2-3,5,12,15,34H2/t18-/m1/s1. The number of hydrogen-bond acceptors (Lipinski definition) is 4. The number of nitrogens with two attached hydrogens (primary N) is 1. The van der Waals surface area contributed by atoms with Crippen molar-refractivity contribution >= 4 is 22.5 Å². The van der Waals surface area contributed by atoms with Crippen LogP contribution >= 0.6 is 0 Å². The molecule has 0 radical (unpaired) electrons. The van der Waals surface area contributed by atoms with Crippen LogP contribution in [0.2, 0.25) is 0 Å². The maximum Gasteiger partial charge on any atom is 0.417 e. The number of fused-ring (bicyclic) bond motifs is 1. The van der Waals surface area contributed by atoms with Gasteiger partial charge in [-0.2, -0.15) is 13.2 Å². The Bertz CT molecular complexity index is 1560. The highest BCUT2D eigenvalue weighted by Gasteiger charge is 2.35. The quantitative estimate of drug-likeness (QED) is 0.229. The zero-order valence-corrected chi connectivity index (χ0v) is 20.1. The molecular formula is C28H22F5N5. The Balaban J connectivity index is 1.75. The van der Waals surface area contributed by atoms with E-state index in [-0.39, 0.29) is 23.0 Å². The fraction of sp³-hybridized carbons (Fsp3) is 0.250. The van der Waals surface area contributed by atoms with E-state index >= 15 is 0 Å². The summed E-state index contributed by atoms with van der Waals surface area (Å²) < 4.78 is 70.6. The molecular weight excluding hydrogens is 501 g/mol. The highest BCUT2D eigenvalue weighted by Crippen LogP contribution is 2.40. The van der Waals surface area contributed by atoms with Crippen LogP contribution in [0.15, 0.2) is 54.6 Å². The molecule has 1 atom stereocenters. The summed E-state index contributed by atoms with van der Waals surface area (Å²) in [6.45, 7) is 8.30. The number of halogens is 5. The second-order valence-corrected chi connectivity index (χ2v) is 9.24. The minimum Gasteiger partial charge on any atom is -0.339 e. The Morgan fingerprint density at radius 1 is 0.947 bits per heavy atom. The maximum atomic E-state index is 14.8. The average Bonchev–Trinajstić information content (AvgIpc) is 3.11. The number of hydrogen-bond donors (Lipinski definition) is 1. The highest BCUT2D eigenvalue weighted by molar-refractivity contribution is 5.96. The van der Waals surface area contributed by atoms with Gasteiger partial charge in [-0.3, -0.25) is 0 Å². The van der Waals surface area contributed by atoms with Gasteiger partial charge in [0.2, 0.25) is 11.6 Å². The summed E-state index contributed by atoms with van der Waals surface area (Å²) in [5, 5.41) is 0.316. The number of alkyl halides is 3. The normalized spacial score (nSPS) is 16.3. The van der Waals surface area contributed by atoms with Crippen molar-refractivity contribution in [2.45, 2.75) is 31.5 Å². The molecule has 1 saturated heterocycles. The summed E-state index contributed by atoms with van der Waals surface area (Å²) in [4.78, 5) is 14.4. The van der Waals surface area contributed by atoms with Gasteiger partial charge in [-0.25, -0.2) is 23.6 Å². The van der Waals surface area contributed by atoms with Crippen molar-refractivity contribution in [2.75, 3.05) is 18.0 Å². The summed E-state index contributed by atoms with van der Waals surface area (Å²) >= 11 is 0. The molecule has 0 bridgehead atoms. The number of benzene rings is 3. The van der Waals surface area contributed by atoms with Crippen LogP contribution in [0.1, 0.15) is 24.8 Å². The smallest absolute Gasteiger partial charge is 0.339 e. The van der Waals surface area contributed by atoms with Gasteiger partial charge in [0.05, 0.1) is 23.3 Å². The van der Waals surface area contributed by atoms with E-state index in [0.29, 0.717) is 35.5 Å². The maximum absolute atomic E-state index is 14.8. The Labute approximate surface area is 215 Å². The average molecular weight is 524 g/mol. The third-order valence-electron chi connectivity index (χ3n) is 6.62. The van der Waals surface area contributed by atoms with E-state index in [9.17, 15) is 22.0 Å². The van der Waals surface area contributed by atoms with E-state index in [1.807, 2.05) is 4.90 Å². The topological polar surface area (TPSA) is 59.4 Å². The lowest BCUT2D eigenvalue weighted by Gasteiger charge is -2.24. The lowest BCUT2D eigenvalue weighted by molar-refractivity contribution is -0.137. The summed E-state index contributed by atoms with van der Waals surface area (Å²) in [6, 6.07) is 11.0. The summed E-state index contributed by atoms with van der Waals surface area (Å²) in [5.74, 6) is -1.43. The van der Waals surface area contributed by atoms with Gasteiger partial charge in [-0.05, 0) is 48.7 Å². The van der Waals surface area contributed by atoms with Crippen molar-refractivity contribution in [2.24, 2.45) is 5.73 Å². The van der Waals surface area contributed by atoms with E-state index in [4.69, 9.17) is 17.3 Å². The van der Waals surface area contributed by atoms with Gasteiger partial charge in [-0.1, -0.05) is 30.7 Å². The molecule has 1 aliphatic rings. The monoisotopic (exact) mass is 523 g/mol. The minimum absolute atomic E-state index is 0.0180. The molecule has 1 aliphatic heterocycles. The van der Waals surface area contributed by atoms with E-state index in [1.54, 1.807) is 0 Å². The van der Waals surface area contributed by atoms with Crippen LogP contribution in [-0.2, 0) is 6.18 Å². The zero-order chi connectivity index (χ0) is 27.0. The molecule has 5 nitrogen and oxygen atoms in total. The van der Waals surface area contributed by atoms with Crippen molar-refractivity contribution in [1.82, 2.24) is 9.97 Å². The van der Waals surface area contributed by atoms with Crippen molar-refractivity contribution < 1.29 is 22.0 Å². The van der Waals surface area contributed by atoms with Crippen LogP contribution in [0.3, 0.4) is 0 Å². The van der Waals surface area contributed by atoms with E-state index in [2.05, 4.69) is 9.83 Å². The fourth-order valence-corrected chi connectivity index (χ4v) is 4.79. The van der Waals surface area contributed by atoms with Gasteiger partial charge in [0.25, 0.3) is 0 Å². The molecule has 5 rings (SSSR count). The van der Waals surface area contributed by atoms with Crippen molar-refractivity contribution in [3.63, 3.8) is 0 Å². The second-order valence-electron chi connectivity index (χ2n) is 9.24. The predicted octanol–water partition coefficient (Wildman–Crippen LogP) is 7.13. The van der Waals surface area contributed by atoms with Crippen LogP contribution in [0, 0.1) is 18.2 Å². The first-order chi connectivity index (χ1) is 18.2. The first kappa shape index (κ1) is 25.5. The lowest BCUT2D eigenvalue weighted by atomic mass is 9.96. The molecule has 1 aromatic heterocycles. The Hall–Kier alpha value is -4.10. The summed E-state index contributed by atoms with van der Waals surface area (Å²) in [7, 11) is 0. The number of anilines is 1. The van der Waals surface area contributed by atoms with Gasteiger partial charge in [0, 0.05) is 35.6 Å². The lowest BCUT2D eigenvalue weighted by Crippen LogP contribution is -2.36. The van der Waals surface area contributed by atoms with Crippen LogP contribution in [0.4, 0.5) is 33.6 Å². The zero-order valence-electron chi connectivity index (χ0n) is 20.1. The van der Waals surface area contributed by atoms with Gasteiger partial charge >= 0.3 is 6.18 Å². The molecule has 38 heavy (non-hydrogen) atoms. The molecule has 1 fully saturated rings. The first-order valence-corrected chi connectivity index (χ1v) is 12.0. The third kappa shape index (κ3) is 4.89. The summed E-state index contributed by atoms with van der Waals surface area (Å²) in [5.41, 5.74) is 5.29. The molecule has 3 aromatic carbocycles. The number of nitrogens with zero attached hydrogens (tertiary/aromatic N) is 4. The van der Waals surface area contributed by atoms with Crippen LogP contribution in [0.25, 0.3) is 38.1 Å². The minimum atomic E-state index is -4.78. The van der Waals surface area contributed by atoms with Gasteiger partial charge < -0.3 is 10.6 Å². The molecule has 10 heteroatoms. The summed E-state index contributed by atoms with van der Waals surface area (Å²) in [6.07, 6.45) is -2.09. The molecule has 2 heterocycles. The largest absolute Gasteiger partial charge is 0.417 e. The molecule has 194 valence electrons. The van der Waals surface area contributed by atoms with Crippen molar-refractivity contribution in [1.29, 1.82) is 0 Å². The Morgan fingerprint density at radius 2 is 1.74 bits per heavy atom. The van der Waals surface area contributed by atoms with E-state index < -0.39 is 28.9 Å². The van der Waals surface area contributed by atoms with Gasteiger partial charge in [-0.15, -0.1) is 0 Å². The number of rotatable bonds is 3. The fourth-order valence-electron chi connectivity index (χ4n) is 4.79. The van der Waals surface area contributed by atoms with Gasteiger partial charge in [0.15, 0.2) is 0 Å². The van der Waals surface area contributed by atoms with Crippen LogP contribution in [0.5, 0.6) is 0 Å². The highest BCUT2D eigenvalue weighted by atomic mass is 19.4. The predicted molar refractivity (Wildman–Crippen MR) is 136 cm³/mol.